The molecule has 0 fully saturated rings. The molecule has 0 radical (unpaired) electrons. The fraction of sp³-hybridized carbons (Fsp3) is 0.111. The number of pyridine rings is 1. The normalized spacial score (nSPS) is 9.94. The van der Waals surface area contributed by atoms with Crippen molar-refractivity contribution in [3.63, 3.8) is 0 Å². The molecule has 2 aromatic rings. The molecule has 88 valence electrons. The first-order valence-electron chi connectivity index (χ1n) is 4.60. The maximum atomic E-state index is 11.9. The third kappa shape index (κ3) is 2.48. The molecule has 0 atom stereocenters. The van der Waals surface area contributed by atoms with Crippen LogP contribution < -0.4 is 15.8 Å². The fourth-order valence-corrected chi connectivity index (χ4v) is 1.68. The molecule has 0 saturated carbocycles. The first-order chi connectivity index (χ1) is 8.20. The summed E-state index contributed by atoms with van der Waals surface area (Å²) in [4.78, 5) is 15.8. The molecule has 1 amide bonds. The zero-order chi connectivity index (χ0) is 12.3. The second-order valence-electron chi connectivity index (χ2n) is 2.96. The van der Waals surface area contributed by atoms with Crippen molar-refractivity contribution >= 4 is 27.5 Å². The predicted molar refractivity (Wildman–Crippen MR) is 63.1 cm³/mol. The Kier molecular flexibility index (Phi) is 3.15. The van der Waals surface area contributed by atoms with E-state index in [1.54, 1.807) is 18.3 Å². The number of amides is 1. The largest absolute Gasteiger partial charge is 0.480 e. The van der Waals surface area contributed by atoms with Gasteiger partial charge in [-0.2, -0.15) is 0 Å². The molecule has 8 heteroatoms. The Labute approximate surface area is 101 Å². The molecule has 0 aliphatic heterocycles. The van der Waals surface area contributed by atoms with E-state index in [2.05, 4.69) is 20.5 Å². The van der Waals surface area contributed by atoms with Crippen molar-refractivity contribution in [1.29, 1.82) is 0 Å². The molecular formula is C9H9N5O2S. The molecule has 0 saturated heterocycles. The van der Waals surface area contributed by atoms with Gasteiger partial charge in [0.05, 0.1) is 7.11 Å². The minimum absolute atomic E-state index is 0.252. The number of carbonyl (C=O) groups excluding carboxylic acids is 1. The van der Waals surface area contributed by atoms with Gasteiger partial charge in [-0.05, 0) is 12.1 Å². The highest BCUT2D eigenvalue weighted by atomic mass is 32.1. The summed E-state index contributed by atoms with van der Waals surface area (Å²) >= 11 is 1.09. The van der Waals surface area contributed by atoms with Crippen LogP contribution in [0.15, 0.2) is 18.3 Å². The van der Waals surface area contributed by atoms with Crippen molar-refractivity contribution < 1.29 is 9.53 Å². The smallest absolute Gasteiger partial charge is 0.262 e. The van der Waals surface area contributed by atoms with E-state index in [1.165, 1.54) is 7.11 Å². The van der Waals surface area contributed by atoms with Gasteiger partial charge in [-0.1, -0.05) is 11.3 Å². The van der Waals surface area contributed by atoms with Gasteiger partial charge >= 0.3 is 0 Å². The molecule has 0 bridgehead atoms. The van der Waals surface area contributed by atoms with Crippen molar-refractivity contribution in [2.45, 2.75) is 0 Å². The topological polar surface area (TPSA) is 103 Å². The number of nitrogens with one attached hydrogen (secondary N) is 1. The lowest BCUT2D eigenvalue weighted by atomic mass is 10.2. The van der Waals surface area contributed by atoms with Crippen LogP contribution in [0.25, 0.3) is 0 Å². The van der Waals surface area contributed by atoms with Gasteiger partial charge in [0.1, 0.15) is 5.56 Å². The summed E-state index contributed by atoms with van der Waals surface area (Å²) < 4.78 is 4.98. The van der Waals surface area contributed by atoms with Crippen LogP contribution in [0.1, 0.15) is 10.4 Å². The maximum Gasteiger partial charge on any atom is 0.262 e. The van der Waals surface area contributed by atoms with Gasteiger partial charge in [-0.25, -0.2) is 4.98 Å². The van der Waals surface area contributed by atoms with E-state index in [0.29, 0.717) is 15.8 Å². The Balaban J connectivity index is 2.20. The van der Waals surface area contributed by atoms with Crippen molar-refractivity contribution in [3.8, 4) is 5.88 Å². The predicted octanol–water partition coefficient (Wildman–Crippen LogP) is 0.776. The number of hydrogen-bond donors (Lipinski definition) is 2. The third-order valence-corrected chi connectivity index (χ3v) is 2.54. The van der Waals surface area contributed by atoms with Crippen molar-refractivity contribution in [3.05, 3.63) is 23.9 Å². The minimum atomic E-state index is -0.369. The number of ether oxygens (including phenoxy) is 1. The van der Waals surface area contributed by atoms with E-state index in [0.717, 1.165) is 11.3 Å². The Bertz CT molecular complexity index is 542. The Morgan fingerprint density at radius 3 is 3.00 bits per heavy atom. The molecule has 0 spiro atoms. The molecule has 0 aliphatic carbocycles. The SMILES string of the molecule is COc1ncccc1C(=O)Nc1nnc(N)s1. The Morgan fingerprint density at radius 2 is 2.35 bits per heavy atom. The Morgan fingerprint density at radius 1 is 1.53 bits per heavy atom. The van der Waals surface area contributed by atoms with E-state index >= 15 is 0 Å². The zero-order valence-corrected chi connectivity index (χ0v) is 9.69. The van der Waals surface area contributed by atoms with Crippen LogP contribution in [0.5, 0.6) is 5.88 Å². The number of methoxy groups -OCH3 is 1. The van der Waals surface area contributed by atoms with Crippen LogP contribution in [0, 0.1) is 0 Å². The lowest BCUT2D eigenvalue weighted by molar-refractivity contribution is 0.102. The lowest BCUT2D eigenvalue weighted by Crippen LogP contribution is -2.13. The van der Waals surface area contributed by atoms with Gasteiger partial charge in [0.25, 0.3) is 5.91 Å². The van der Waals surface area contributed by atoms with Gasteiger partial charge in [0.15, 0.2) is 0 Å². The van der Waals surface area contributed by atoms with Crippen LogP contribution in [-0.4, -0.2) is 28.2 Å². The summed E-state index contributed by atoms with van der Waals surface area (Å²) in [6, 6.07) is 3.25. The quantitative estimate of drug-likeness (QED) is 0.835. The Hall–Kier alpha value is -2.22. The molecular weight excluding hydrogens is 242 g/mol. The van der Waals surface area contributed by atoms with Crippen LogP contribution >= 0.6 is 11.3 Å². The summed E-state index contributed by atoms with van der Waals surface area (Å²) in [6.45, 7) is 0. The number of nitrogens with zero attached hydrogens (tertiary/aromatic N) is 3. The highest BCUT2D eigenvalue weighted by molar-refractivity contribution is 7.19. The highest BCUT2D eigenvalue weighted by Gasteiger charge is 2.14. The molecule has 2 aromatic heterocycles. The second-order valence-corrected chi connectivity index (χ2v) is 3.97. The molecule has 7 nitrogen and oxygen atoms in total. The first kappa shape index (κ1) is 11.3. The number of anilines is 2. The van der Waals surface area contributed by atoms with Crippen molar-refractivity contribution in [1.82, 2.24) is 15.2 Å². The number of hydrogen-bond acceptors (Lipinski definition) is 7. The van der Waals surface area contributed by atoms with Gasteiger partial charge < -0.3 is 10.5 Å². The van der Waals surface area contributed by atoms with Crippen molar-refractivity contribution in [2.75, 3.05) is 18.2 Å². The number of nitrogens with two attached hydrogens (primary N) is 1. The fourth-order valence-electron chi connectivity index (χ4n) is 1.18. The molecule has 17 heavy (non-hydrogen) atoms. The number of nitrogen functional groups attached to an aromatic ring is 1. The molecule has 3 N–H and O–H groups in total. The van der Waals surface area contributed by atoms with Crippen molar-refractivity contribution in [2.24, 2.45) is 0 Å². The van der Waals surface area contributed by atoms with Gasteiger partial charge in [-0.3, -0.25) is 10.1 Å². The van der Waals surface area contributed by atoms with E-state index < -0.39 is 0 Å². The average Bonchev–Trinajstić information content (AvgIpc) is 2.74. The first-order valence-corrected chi connectivity index (χ1v) is 5.41. The second kappa shape index (κ2) is 4.74. The monoisotopic (exact) mass is 251 g/mol. The molecule has 0 aromatic carbocycles. The number of rotatable bonds is 3. The molecule has 2 rings (SSSR count). The summed E-state index contributed by atoms with van der Waals surface area (Å²) in [5.74, 6) is -0.117. The van der Waals surface area contributed by atoms with Crippen LogP contribution in [0.4, 0.5) is 10.3 Å². The molecule has 2 heterocycles. The van der Waals surface area contributed by atoms with E-state index in [-0.39, 0.29) is 11.8 Å². The zero-order valence-electron chi connectivity index (χ0n) is 8.88. The van der Waals surface area contributed by atoms with Crippen LogP contribution in [0.2, 0.25) is 0 Å². The average molecular weight is 251 g/mol. The third-order valence-electron chi connectivity index (χ3n) is 1.87. The molecule has 0 aliphatic rings. The standard InChI is InChI=1S/C9H9N5O2S/c1-16-7-5(3-2-4-11-7)6(15)12-9-14-13-8(10)17-9/h2-4H,1H3,(H2,10,13)(H,12,14,15). The van der Waals surface area contributed by atoms with E-state index in [1.807, 2.05) is 0 Å². The minimum Gasteiger partial charge on any atom is -0.480 e. The number of carbonyl (C=O) groups is 1. The lowest BCUT2D eigenvalue weighted by Gasteiger charge is -2.05. The van der Waals surface area contributed by atoms with Crippen LogP contribution in [-0.2, 0) is 0 Å². The van der Waals surface area contributed by atoms with E-state index in [4.69, 9.17) is 10.5 Å². The summed E-state index contributed by atoms with van der Waals surface area (Å²) in [6.07, 6.45) is 1.54. The van der Waals surface area contributed by atoms with Gasteiger partial charge in [-0.15, -0.1) is 10.2 Å². The van der Waals surface area contributed by atoms with E-state index in [9.17, 15) is 4.79 Å². The van der Waals surface area contributed by atoms with Gasteiger partial charge in [0.2, 0.25) is 16.1 Å². The molecule has 0 unspecified atom stereocenters. The maximum absolute atomic E-state index is 11.9. The van der Waals surface area contributed by atoms with Crippen LogP contribution in [0.3, 0.4) is 0 Å². The number of aromatic nitrogens is 3. The highest BCUT2D eigenvalue weighted by Crippen LogP contribution is 2.19. The summed E-state index contributed by atoms with van der Waals surface area (Å²) in [7, 11) is 1.45. The summed E-state index contributed by atoms with van der Waals surface area (Å²) in [5, 5.41) is 10.5. The summed E-state index contributed by atoms with van der Waals surface area (Å²) in [5.41, 5.74) is 5.73. The van der Waals surface area contributed by atoms with Gasteiger partial charge in [0, 0.05) is 6.20 Å².